The Bertz CT molecular complexity index is 101. The van der Waals surface area contributed by atoms with Gasteiger partial charge in [-0.1, -0.05) is 65.2 Å². The first-order chi connectivity index (χ1) is 6.81. The summed E-state index contributed by atoms with van der Waals surface area (Å²) >= 11 is 0. The summed E-state index contributed by atoms with van der Waals surface area (Å²) in [6.45, 7) is 4.34. The molecule has 85 valence electrons. The Labute approximate surface area is 89.9 Å². The molecule has 0 N–H and O–H groups in total. The number of unbranched alkanes of at least 4 members (excludes halogenated alkanes) is 6. The third-order valence-corrected chi connectivity index (χ3v) is 2.74. The van der Waals surface area contributed by atoms with Gasteiger partial charge in [-0.05, 0) is 12.8 Å². The monoisotopic (exact) mass is 199 g/mol. The maximum absolute atomic E-state index is 11.3. The molecule has 0 amide bonds. The fourth-order valence-corrected chi connectivity index (χ4v) is 1.80. The molecule has 0 aromatic heterocycles. The minimum Gasteiger partial charge on any atom is -0.233 e. The number of hydrogen-bond donors (Lipinski definition) is 0. The van der Waals surface area contributed by atoms with E-state index in [0.29, 0.717) is 0 Å². The highest BCUT2D eigenvalue weighted by molar-refractivity contribution is 4.54. The van der Waals surface area contributed by atoms with E-state index in [2.05, 4.69) is 13.8 Å². The first kappa shape index (κ1) is 14.0. The predicted octanol–water partition coefficient (Wildman–Crippen LogP) is 4.73. The van der Waals surface area contributed by atoms with Crippen molar-refractivity contribution in [1.82, 2.24) is 0 Å². The Morgan fingerprint density at radius 1 is 0.714 bits per heavy atom. The van der Waals surface area contributed by atoms with Crippen molar-refractivity contribution in [3.63, 3.8) is 0 Å². The van der Waals surface area contributed by atoms with Crippen molar-refractivity contribution in [3.05, 3.63) is 0 Å². The van der Waals surface area contributed by atoms with Crippen LogP contribution in [-0.4, -0.2) is 6.10 Å². The molecular weight excluding hydrogens is 172 g/mol. The second kappa shape index (κ2) is 11.0. The third kappa shape index (κ3) is 10.0. The van der Waals surface area contributed by atoms with Gasteiger partial charge in [0.2, 0.25) is 0 Å². The van der Waals surface area contributed by atoms with Crippen LogP contribution >= 0.6 is 0 Å². The average molecular weight is 199 g/mol. The van der Waals surface area contributed by atoms with Crippen LogP contribution in [0.5, 0.6) is 0 Å². The number of rotatable bonds is 10. The van der Waals surface area contributed by atoms with Crippen LogP contribution in [0.4, 0.5) is 0 Å². The van der Waals surface area contributed by atoms with Crippen molar-refractivity contribution in [2.24, 2.45) is 0 Å². The van der Waals surface area contributed by atoms with Gasteiger partial charge in [0.15, 0.2) is 0 Å². The largest absolute Gasteiger partial charge is 0.233 e. The molecule has 1 radical (unpaired) electrons. The molecule has 1 unspecified atom stereocenters. The maximum atomic E-state index is 11.3. The molecule has 14 heavy (non-hydrogen) atoms. The highest BCUT2D eigenvalue weighted by Crippen LogP contribution is 2.11. The average Bonchev–Trinajstić information content (AvgIpc) is 2.17. The lowest BCUT2D eigenvalue weighted by Crippen LogP contribution is -2.02. The van der Waals surface area contributed by atoms with E-state index in [9.17, 15) is 5.11 Å². The van der Waals surface area contributed by atoms with Gasteiger partial charge in [0.25, 0.3) is 0 Å². The Balaban J connectivity index is 2.98. The topological polar surface area (TPSA) is 19.9 Å². The second-order valence-corrected chi connectivity index (χ2v) is 4.32. The normalized spacial score (nSPS) is 13.1. The van der Waals surface area contributed by atoms with Crippen LogP contribution in [0.2, 0.25) is 0 Å². The molecule has 0 aromatic carbocycles. The summed E-state index contributed by atoms with van der Waals surface area (Å²) < 4.78 is 0. The Morgan fingerprint density at radius 3 is 1.86 bits per heavy atom. The van der Waals surface area contributed by atoms with Crippen LogP contribution in [0.15, 0.2) is 0 Å². The SMILES string of the molecule is CCCCCCCCCC([O])CCC. The zero-order valence-electron chi connectivity index (χ0n) is 10.1. The summed E-state index contributed by atoms with van der Waals surface area (Å²) in [5.41, 5.74) is 0. The lowest BCUT2D eigenvalue weighted by atomic mass is 10.0. The molecule has 0 saturated heterocycles. The highest BCUT2D eigenvalue weighted by Gasteiger charge is 2.03. The summed E-state index contributed by atoms with van der Waals surface area (Å²) in [7, 11) is 0. The summed E-state index contributed by atoms with van der Waals surface area (Å²) in [6, 6.07) is 0. The quantitative estimate of drug-likeness (QED) is 0.453. The van der Waals surface area contributed by atoms with Gasteiger partial charge in [0, 0.05) is 0 Å². The first-order valence-corrected chi connectivity index (χ1v) is 6.47. The first-order valence-electron chi connectivity index (χ1n) is 6.47. The molecule has 0 fully saturated rings. The van der Waals surface area contributed by atoms with E-state index in [1.165, 1.54) is 38.5 Å². The van der Waals surface area contributed by atoms with Gasteiger partial charge >= 0.3 is 0 Å². The molecule has 0 spiro atoms. The minimum atomic E-state index is -0.282. The Hall–Kier alpha value is -0.0400. The van der Waals surface area contributed by atoms with E-state index in [0.717, 1.165) is 25.7 Å². The molecule has 0 aliphatic rings. The van der Waals surface area contributed by atoms with E-state index >= 15 is 0 Å². The summed E-state index contributed by atoms with van der Waals surface area (Å²) in [4.78, 5) is 0. The van der Waals surface area contributed by atoms with Crippen LogP contribution in [0.1, 0.15) is 78.1 Å². The predicted molar refractivity (Wildman–Crippen MR) is 62.0 cm³/mol. The van der Waals surface area contributed by atoms with Gasteiger partial charge in [0.05, 0.1) is 6.10 Å². The molecule has 0 bridgehead atoms. The van der Waals surface area contributed by atoms with Gasteiger partial charge in [-0.2, -0.15) is 0 Å². The lowest BCUT2D eigenvalue weighted by Gasteiger charge is -2.05. The molecule has 1 heteroatoms. The lowest BCUT2D eigenvalue weighted by molar-refractivity contribution is 0.0706. The molecule has 0 heterocycles. The van der Waals surface area contributed by atoms with Gasteiger partial charge in [-0.25, -0.2) is 5.11 Å². The van der Waals surface area contributed by atoms with Crippen LogP contribution in [-0.2, 0) is 5.11 Å². The standard InChI is InChI=1S/C13H27O/c1-3-5-6-7-8-9-10-12-13(14)11-4-2/h13H,3-12H2,1-2H3. The minimum absolute atomic E-state index is 0.282. The Kier molecular flexibility index (Phi) is 11.0. The van der Waals surface area contributed by atoms with Crippen molar-refractivity contribution in [1.29, 1.82) is 0 Å². The van der Waals surface area contributed by atoms with Gasteiger partial charge in [-0.15, -0.1) is 0 Å². The smallest absolute Gasteiger partial charge is 0.0930 e. The van der Waals surface area contributed by atoms with Crippen molar-refractivity contribution in [3.8, 4) is 0 Å². The molecule has 0 aliphatic heterocycles. The van der Waals surface area contributed by atoms with Gasteiger partial charge in [0.1, 0.15) is 0 Å². The molecule has 0 aliphatic carbocycles. The van der Waals surface area contributed by atoms with Crippen LogP contribution in [0.25, 0.3) is 0 Å². The summed E-state index contributed by atoms with van der Waals surface area (Å²) in [6.07, 6.45) is 11.7. The molecule has 0 saturated carbocycles. The fourth-order valence-electron chi connectivity index (χ4n) is 1.80. The van der Waals surface area contributed by atoms with Gasteiger partial charge in [-0.3, -0.25) is 0 Å². The van der Waals surface area contributed by atoms with E-state index in [-0.39, 0.29) is 6.10 Å². The van der Waals surface area contributed by atoms with Crippen molar-refractivity contribution in [2.45, 2.75) is 84.2 Å². The van der Waals surface area contributed by atoms with Crippen molar-refractivity contribution < 1.29 is 5.11 Å². The Morgan fingerprint density at radius 2 is 1.29 bits per heavy atom. The van der Waals surface area contributed by atoms with Gasteiger partial charge < -0.3 is 0 Å². The zero-order valence-corrected chi connectivity index (χ0v) is 10.1. The van der Waals surface area contributed by atoms with Crippen molar-refractivity contribution in [2.75, 3.05) is 0 Å². The molecule has 1 nitrogen and oxygen atoms in total. The maximum Gasteiger partial charge on any atom is 0.0930 e. The van der Waals surface area contributed by atoms with E-state index in [1.54, 1.807) is 0 Å². The summed E-state index contributed by atoms with van der Waals surface area (Å²) in [5, 5.41) is 11.3. The van der Waals surface area contributed by atoms with E-state index < -0.39 is 0 Å². The third-order valence-electron chi connectivity index (χ3n) is 2.74. The second-order valence-electron chi connectivity index (χ2n) is 4.32. The summed E-state index contributed by atoms with van der Waals surface area (Å²) in [5.74, 6) is 0. The fraction of sp³-hybridized carbons (Fsp3) is 1.00. The van der Waals surface area contributed by atoms with Crippen molar-refractivity contribution >= 4 is 0 Å². The molecule has 1 atom stereocenters. The van der Waals surface area contributed by atoms with E-state index in [1.807, 2.05) is 0 Å². The zero-order chi connectivity index (χ0) is 10.6. The van der Waals surface area contributed by atoms with Crippen LogP contribution in [0, 0.1) is 0 Å². The molecular formula is C13H27O. The molecule has 0 rings (SSSR count). The number of hydrogen-bond acceptors (Lipinski definition) is 0. The van der Waals surface area contributed by atoms with Crippen LogP contribution < -0.4 is 0 Å². The van der Waals surface area contributed by atoms with E-state index in [4.69, 9.17) is 0 Å². The van der Waals surface area contributed by atoms with Crippen LogP contribution in [0.3, 0.4) is 0 Å². The highest BCUT2D eigenvalue weighted by atomic mass is 16.3. The molecule has 0 aromatic rings.